The van der Waals surface area contributed by atoms with Crippen LogP contribution in [0.1, 0.15) is 62.4 Å². The number of benzene rings is 3. The van der Waals surface area contributed by atoms with Crippen molar-refractivity contribution >= 4 is 19.9 Å². The van der Waals surface area contributed by atoms with E-state index >= 15 is 0 Å². The Kier molecular flexibility index (Phi) is 8.30. The van der Waals surface area contributed by atoms with Crippen LogP contribution in [0.3, 0.4) is 0 Å². The number of hydrogen-bond donors (Lipinski definition) is 2. The molecule has 1 aliphatic rings. The standard InChI is InChI=1S/C31H37F2NO4Si/c1-31(2,3)39(4,5)38-28(21-7-9-22(32)10-8-21)17-16-26-29(25-15-6-20(19-35)18-27(25)36)34(30(26)37)24-13-11-23(33)12-14-24/h6-15,18,26,28-29,35-36H,16-17,19H2,1-5H3/t26-,28+,29-/m1/s1. The van der Waals surface area contributed by atoms with Crippen LogP contribution in [0, 0.1) is 17.6 Å². The lowest BCUT2D eigenvalue weighted by molar-refractivity contribution is -0.131. The van der Waals surface area contributed by atoms with Crippen molar-refractivity contribution in [2.75, 3.05) is 4.90 Å². The van der Waals surface area contributed by atoms with Crippen molar-refractivity contribution in [3.05, 3.63) is 95.1 Å². The van der Waals surface area contributed by atoms with Crippen LogP contribution in [-0.2, 0) is 15.8 Å². The smallest absolute Gasteiger partial charge is 0.233 e. The summed E-state index contributed by atoms with van der Waals surface area (Å²) >= 11 is 0. The van der Waals surface area contributed by atoms with E-state index in [4.69, 9.17) is 4.43 Å². The van der Waals surface area contributed by atoms with Gasteiger partial charge in [-0.05, 0) is 84.6 Å². The minimum Gasteiger partial charge on any atom is -0.508 e. The van der Waals surface area contributed by atoms with Crippen molar-refractivity contribution in [1.29, 1.82) is 0 Å². The SMILES string of the molecule is CC(C)(C)[Si](C)(C)O[C@@H](CC[C@H]1C(=O)N(c2ccc(F)cc2)[C@@H]1c1ccc(CO)cc1O)c1ccc(F)cc1. The third-order valence-corrected chi connectivity index (χ3v) is 12.6. The molecule has 4 rings (SSSR count). The Morgan fingerprint density at radius 1 is 0.974 bits per heavy atom. The second-order valence-corrected chi connectivity index (χ2v) is 16.5. The molecule has 1 aliphatic heterocycles. The van der Waals surface area contributed by atoms with Crippen molar-refractivity contribution in [2.24, 2.45) is 5.92 Å². The molecule has 3 aromatic rings. The van der Waals surface area contributed by atoms with Crippen LogP contribution in [0.5, 0.6) is 5.75 Å². The van der Waals surface area contributed by atoms with Crippen LogP contribution in [0.15, 0.2) is 66.7 Å². The molecule has 0 bridgehead atoms. The molecule has 3 atom stereocenters. The molecule has 5 nitrogen and oxygen atoms in total. The van der Waals surface area contributed by atoms with E-state index in [0.29, 0.717) is 29.7 Å². The maximum absolute atomic E-state index is 13.7. The number of anilines is 1. The molecule has 0 aliphatic carbocycles. The zero-order valence-corrected chi connectivity index (χ0v) is 24.1. The number of aliphatic hydroxyl groups excluding tert-OH is 1. The number of halogens is 2. The van der Waals surface area contributed by atoms with Crippen LogP contribution in [0.25, 0.3) is 0 Å². The maximum atomic E-state index is 13.7. The minimum atomic E-state index is -2.21. The second kappa shape index (κ2) is 11.2. The van der Waals surface area contributed by atoms with Crippen molar-refractivity contribution in [1.82, 2.24) is 0 Å². The van der Waals surface area contributed by atoms with E-state index in [9.17, 15) is 23.8 Å². The second-order valence-electron chi connectivity index (χ2n) is 11.8. The number of phenolic OH excluding ortho intramolecular Hbond substituents is 1. The van der Waals surface area contributed by atoms with Gasteiger partial charge in [0.05, 0.1) is 24.7 Å². The van der Waals surface area contributed by atoms with Crippen molar-refractivity contribution < 1.29 is 28.2 Å². The highest BCUT2D eigenvalue weighted by atomic mass is 28.4. The van der Waals surface area contributed by atoms with E-state index in [-0.39, 0.29) is 35.2 Å². The number of nitrogens with zero attached hydrogens (tertiary/aromatic N) is 1. The highest BCUT2D eigenvalue weighted by Gasteiger charge is 2.50. The molecule has 3 aromatic carbocycles. The Bertz CT molecular complexity index is 1310. The number of carbonyl (C=O) groups is 1. The van der Waals surface area contributed by atoms with Gasteiger partial charge in [0.1, 0.15) is 17.4 Å². The molecule has 1 amide bonds. The summed E-state index contributed by atoms with van der Waals surface area (Å²) in [6.07, 6.45) is 0.668. The first kappa shape index (κ1) is 28.9. The summed E-state index contributed by atoms with van der Waals surface area (Å²) in [5.41, 5.74) is 2.52. The summed E-state index contributed by atoms with van der Waals surface area (Å²) < 4.78 is 34.1. The lowest BCUT2D eigenvalue weighted by atomic mass is 9.77. The van der Waals surface area contributed by atoms with Crippen LogP contribution < -0.4 is 4.90 Å². The number of carbonyl (C=O) groups excluding carboxylic acids is 1. The first-order valence-electron chi connectivity index (χ1n) is 13.3. The van der Waals surface area contributed by atoms with Gasteiger partial charge in [-0.25, -0.2) is 8.78 Å². The number of amides is 1. The van der Waals surface area contributed by atoms with E-state index in [1.165, 1.54) is 30.3 Å². The molecule has 0 aromatic heterocycles. The fraction of sp³-hybridized carbons (Fsp3) is 0.387. The predicted octanol–water partition coefficient (Wildman–Crippen LogP) is 7.41. The average molecular weight is 554 g/mol. The Labute approximate surface area is 230 Å². The Balaban J connectivity index is 1.65. The quantitative estimate of drug-likeness (QED) is 0.214. The van der Waals surface area contributed by atoms with Gasteiger partial charge in [0.25, 0.3) is 0 Å². The lowest BCUT2D eigenvalue weighted by Crippen LogP contribution is -2.55. The van der Waals surface area contributed by atoms with Crippen molar-refractivity contribution in [3.63, 3.8) is 0 Å². The highest BCUT2D eigenvalue weighted by Crippen LogP contribution is 2.49. The van der Waals surface area contributed by atoms with Crippen LogP contribution in [0.2, 0.25) is 18.1 Å². The maximum Gasteiger partial charge on any atom is 0.233 e. The molecule has 1 saturated heterocycles. The van der Waals surface area contributed by atoms with E-state index in [2.05, 4.69) is 33.9 Å². The van der Waals surface area contributed by atoms with Crippen LogP contribution in [0.4, 0.5) is 14.5 Å². The summed E-state index contributed by atoms with van der Waals surface area (Å²) in [6.45, 7) is 10.6. The molecular formula is C31H37F2NO4Si. The number of aliphatic hydroxyl groups is 1. The van der Waals surface area contributed by atoms with Gasteiger partial charge in [0.2, 0.25) is 5.91 Å². The summed E-state index contributed by atoms with van der Waals surface area (Å²) in [5, 5.41) is 20.3. The lowest BCUT2D eigenvalue weighted by Gasteiger charge is -2.48. The number of phenols is 1. The summed E-state index contributed by atoms with van der Waals surface area (Å²) in [4.78, 5) is 15.1. The van der Waals surface area contributed by atoms with E-state index in [1.54, 1.807) is 41.3 Å². The van der Waals surface area contributed by atoms with E-state index < -0.39 is 26.1 Å². The number of β-lactam (4-membered cyclic amide) rings is 1. The highest BCUT2D eigenvalue weighted by molar-refractivity contribution is 6.74. The average Bonchev–Trinajstić information content (AvgIpc) is 2.87. The van der Waals surface area contributed by atoms with E-state index in [1.807, 2.05) is 0 Å². The van der Waals surface area contributed by atoms with Crippen LogP contribution >= 0.6 is 0 Å². The molecule has 39 heavy (non-hydrogen) atoms. The first-order chi connectivity index (χ1) is 18.3. The number of hydrogen-bond acceptors (Lipinski definition) is 4. The predicted molar refractivity (Wildman–Crippen MR) is 151 cm³/mol. The van der Waals surface area contributed by atoms with Crippen LogP contribution in [-0.4, -0.2) is 24.4 Å². The molecule has 208 valence electrons. The molecule has 0 radical (unpaired) electrons. The van der Waals surface area contributed by atoms with Gasteiger partial charge in [0, 0.05) is 11.3 Å². The monoisotopic (exact) mass is 553 g/mol. The third-order valence-electron chi connectivity index (χ3n) is 8.14. The molecule has 0 unspecified atom stereocenters. The van der Waals surface area contributed by atoms with E-state index in [0.717, 1.165) is 5.56 Å². The van der Waals surface area contributed by atoms with Gasteiger partial charge in [-0.3, -0.25) is 4.79 Å². The zero-order valence-electron chi connectivity index (χ0n) is 23.1. The fourth-order valence-corrected chi connectivity index (χ4v) is 6.17. The van der Waals surface area contributed by atoms with Gasteiger partial charge in [-0.15, -0.1) is 0 Å². The summed E-state index contributed by atoms with van der Waals surface area (Å²) in [7, 11) is -2.21. The minimum absolute atomic E-state index is 0.0104. The summed E-state index contributed by atoms with van der Waals surface area (Å²) in [6, 6.07) is 16.5. The molecular weight excluding hydrogens is 516 g/mol. The fourth-order valence-electron chi connectivity index (χ4n) is 4.85. The Morgan fingerprint density at radius 3 is 2.10 bits per heavy atom. The first-order valence-corrected chi connectivity index (χ1v) is 16.2. The molecule has 0 saturated carbocycles. The number of rotatable bonds is 9. The van der Waals surface area contributed by atoms with Gasteiger partial charge in [0.15, 0.2) is 8.32 Å². The normalized spacial score (nSPS) is 18.7. The van der Waals surface area contributed by atoms with Gasteiger partial charge in [-0.2, -0.15) is 0 Å². The number of aromatic hydroxyl groups is 1. The third kappa shape index (κ3) is 6.08. The Hall–Kier alpha value is -3.07. The molecule has 1 heterocycles. The summed E-state index contributed by atoms with van der Waals surface area (Å²) in [5.74, 6) is -1.31. The van der Waals surface area contributed by atoms with Gasteiger partial charge in [-0.1, -0.05) is 45.0 Å². The van der Waals surface area contributed by atoms with Crippen molar-refractivity contribution in [3.8, 4) is 5.75 Å². The van der Waals surface area contributed by atoms with Crippen molar-refractivity contribution in [2.45, 2.75) is 70.5 Å². The van der Waals surface area contributed by atoms with Gasteiger partial charge < -0.3 is 19.5 Å². The largest absolute Gasteiger partial charge is 0.508 e. The van der Waals surface area contributed by atoms with Gasteiger partial charge >= 0.3 is 0 Å². The molecule has 8 heteroatoms. The Morgan fingerprint density at radius 2 is 1.56 bits per heavy atom. The molecule has 1 fully saturated rings. The molecule has 2 N–H and O–H groups in total. The topological polar surface area (TPSA) is 70.0 Å². The zero-order chi connectivity index (χ0) is 28.5. The molecule has 0 spiro atoms.